The molecule has 1 N–H and O–H groups in total. The summed E-state index contributed by atoms with van der Waals surface area (Å²) >= 11 is 0. The van der Waals surface area contributed by atoms with Crippen LogP contribution in [-0.2, 0) is 6.54 Å². The second-order valence-corrected chi connectivity index (χ2v) is 6.18. The smallest absolute Gasteiger partial charge is 0.250 e. The normalized spacial score (nSPS) is 19.1. The lowest BCUT2D eigenvalue weighted by atomic mass is 10.1. The summed E-state index contributed by atoms with van der Waals surface area (Å²) in [5.41, 5.74) is 0.0935. The van der Waals surface area contributed by atoms with Gasteiger partial charge in [-0.3, -0.25) is 9.69 Å². The molecular formula is C16H27N3O. The highest BCUT2D eigenvalue weighted by Crippen LogP contribution is 2.08. The summed E-state index contributed by atoms with van der Waals surface area (Å²) in [6, 6.07) is 5.98. The lowest BCUT2D eigenvalue weighted by Crippen LogP contribution is -2.41. The molecule has 1 unspecified atom stereocenters. The van der Waals surface area contributed by atoms with Gasteiger partial charge in [0.15, 0.2) is 0 Å². The third-order valence-corrected chi connectivity index (χ3v) is 3.82. The SMILES string of the molecule is CC(C)CN(CCn1ccccc1=O)CC1CCCN1. The zero-order valence-electron chi connectivity index (χ0n) is 12.7. The van der Waals surface area contributed by atoms with Gasteiger partial charge in [0.2, 0.25) is 0 Å². The molecule has 0 bridgehead atoms. The summed E-state index contributed by atoms with van der Waals surface area (Å²) in [5, 5.41) is 3.56. The molecule has 2 rings (SSSR count). The number of nitrogens with zero attached hydrogens (tertiary/aromatic N) is 2. The Hall–Kier alpha value is -1.13. The minimum atomic E-state index is 0.0935. The van der Waals surface area contributed by atoms with Gasteiger partial charge in [-0.2, -0.15) is 0 Å². The van der Waals surface area contributed by atoms with Gasteiger partial charge in [-0.05, 0) is 31.4 Å². The van der Waals surface area contributed by atoms with E-state index < -0.39 is 0 Å². The van der Waals surface area contributed by atoms with Crippen molar-refractivity contribution in [2.24, 2.45) is 5.92 Å². The monoisotopic (exact) mass is 277 g/mol. The summed E-state index contributed by atoms with van der Waals surface area (Å²) in [4.78, 5) is 14.2. The lowest BCUT2D eigenvalue weighted by Gasteiger charge is -2.27. The predicted octanol–water partition coefficient (Wildman–Crippen LogP) is 1.56. The summed E-state index contributed by atoms with van der Waals surface area (Å²) in [6.45, 7) is 9.57. The predicted molar refractivity (Wildman–Crippen MR) is 83.0 cm³/mol. The van der Waals surface area contributed by atoms with Crippen LogP contribution in [0, 0.1) is 5.92 Å². The van der Waals surface area contributed by atoms with Gasteiger partial charge in [-0.1, -0.05) is 19.9 Å². The first-order chi connectivity index (χ1) is 9.65. The van der Waals surface area contributed by atoms with Crippen LogP contribution in [0.4, 0.5) is 0 Å². The first-order valence-corrected chi connectivity index (χ1v) is 7.76. The van der Waals surface area contributed by atoms with Crippen molar-refractivity contribution in [1.29, 1.82) is 0 Å². The Morgan fingerprint density at radius 2 is 2.30 bits per heavy atom. The standard InChI is InChI=1S/C16H27N3O/c1-14(2)12-18(13-15-6-5-8-17-15)10-11-19-9-4-3-7-16(19)20/h3-4,7,9,14-15,17H,5-6,8,10-13H2,1-2H3. The van der Waals surface area contributed by atoms with Crippen molar-refractivity contribution in [3.05, 3.63) is 34.7 Å². The van der Waals surface area contributed by atoms with E-state index in [1.807, 2.05) is 12.3 Å². The molecule has 4 heteroatoms. The summed E-state index contributed by atoms with van der Waals surface area (Å²) < 4.78 is 1.80. The summed E-state index contributed by atoms with van der Waals surface area (Å²) in [5.74, 6) is 0.656. The van der Waals surface area contributed by atoms with Crippen LogP contribution in [0.1, 0.15) is 26.7 Å². The van der Waals surface area contributed by atoms with Gasteiger partial charge < -0.3 is 9.88 Å². The van der Waals surface area contributed by atoms with Crippen molar-refractivity contribution in [3.63, 3.8) is 0 Å². The molecule has 1 aromatic heterocycles. The van der Waals surface area contributed by atoms with Crippen LogP contribution in [0.15, 0.2) is 29.2 Å². The first kappa shape index (κ1) is 15.3. The zero-order chi connectivity index (χ0) is 14.4. The molecule has 4 nitrogen and oxygen atoms in total. The number of aromatic nitrogens is 1. The van der Waals surface area contributed by atoms with Crippen LogP contribution in [0.2, 0.25) is 0 Å². The molecule has 0 radical (unpaired) electrons. The van der Waals surface area contributed by atoms with Crippen molar-refractivity contribution in [3.8, 4) is 0 Å². The topological polar surface area (TPSA) is 37.3 Å². The van der Waals surface area contributed by atoms with Crippen molar-refractivity contribution >= 4 is 0 Å². The maximum Gasteiger partial charge on any atom is 0.250 e. The van der Waals surface area contributed by atoms with E-state index in [0.29, 0.717) is 12.0 Å². The second-order valence-electron chi connectivity index (χ2n) is 6.18. The van der Waals surface area contributed by atoms with E-state index in [9.17, 15) is 4.79 Å². The van der Waals surface area contributed by atoms with E-state index in [-0.39, 0.29) is 5.56 Å². The molecular weight excluding hydrogens is 250 g/mol. The Labute approximate surface area is 121 Å². The molecule has 1 aliphatic rings. The Bertz CT molecular complexity index is 449. The molecule has 2 heterocycles. The molecule has 112 valence electrons. The highest BCUT2D eigenvalue weighted by molar-refractivity contribution is 4.93. The lowest BCUT2D eigenvalue weighted by molar-refractivity contribution is 0.215. The summed E-state index contributed by atoms with van der Waals surface area (Å²) in [7, 11) is 0. The van der Waals surface area contributed by atoms with E-state index >= 15 is 0 Å². The van der Waals surface area contributed by atoms with Gasteiger partial charge in [0, 0.05) is 44.5 Å². The fourth-order valence-electron chi connectivity index (χ4n) is 2.89. The highest BCUT2D eigenvalue weighted by Gasteiger charge is 2.18. The van der Waals surface area contributed by atoms with Crippen molar-refractivity contribution < 1.29 is 0 Å². The Balaban J connectivity index is 1.89. The average Bonchev–Trinajstić information content (AvgIpc) is 2.90. The fraction of sp³-hybridized carbons (Fsp3) is 0.688. The molecule has 0 saturated carbocycles. The van der Waals surface area contributed by atoms with E-state index in [1.54, 1.807) is 16.7 Å². The third kappa shape index (κ3) is 4.76. The third-order valence-electron chi connectivity index (χ3n) is 3.82. The van der Waals surface area contributed by atoms with Crippen LogP contribution in [0.3, 0.4) is 0 Å². The van der Waals surface area contributed by atoms with Crippen LogP contribution in [0.5, 0.6) is 0 Å². The van der Waals surface area contributed by atoms with Crippen molar-refractivity contribution in [2.45, 2.75) is 39.3 Å². The minimum Gasteiger partial charge on any atom is -0.314 e. The van der Waals surface area contributed by atoms with Gasteiger partial charge in [-0.15, -0.1) is 0 Å². The van der Waals surface area contributed by atoms with E-state index in [4.69, 9.17) is 0 Å². The molecule has 1 aliphatic heterocycles. The maximum atomic E-state index is 11.7. The number of rotatable bonds is 7. The average molecular weight is 277 g/mol. The minimum absolute atomic E-state index is 0.0935. The van der Waals surface area contributed by atoms with Crippen LogP contribution in [0.25, 0.3) is 0 Å². The molecule has 0 aliphatic carbocycles. The molecule has 1 saturated heterocycles. The van der Waals surface area contributed by atoms with Gasteiger partial charge in [0.1, 0.15) is 0 Å². The quantitative estimate of drug-likeness (QED) is 0.822. The number of hydrogen-bond acceptors (Lipinski definition) is 3. The van der Waals surface area contributed by atoms with E-state index in [1.165, 1.54) is 12.8 Å². The molecule has 1 atom stereocenters. The molecule has 1 aromatic rings. The van der Waals surface area contributed by atoms with Crippen LogP contribution in [-0.4, -0.2) is 41.7 Å². The Morgan fingerprint density at radius 3 is 2.95 bits per heavy atom. The molecule has 0 amide bonds. The molecule has 0 aromatic carbocycles. The van der Waals surface area contributed by atoms with E-state index in [2.05, 4.69) is 24.1 Å². The molecule has 0 spiro atoms. The van der Waals surface area contributed by atoms with Gasteiger partial charge >= 0.3 is 0 Å². The largest absolute Gasteiger partial charge is 0.314 e. The first-order valence-electron chi connectivity index (χ1n) is 7.76. The van der Waals surface area contributed by atoms with Crippen LogP contribution < -0.4 is 10.9 Å². The molecule has 20 heavy (non-hydrogen) atoms. The summed E-state index contributed by atoms with van der Waals surface area (Å²) in [6.07, 6.45) is 4.45. The fourth-order valence-corrected chi connectivity index (χ4v) is 2.89. The molecule has 1 fully saturated rings. The van der Waals surface area contributed by atoms with Gasteiger partial charge in [0.05, 0.1) is 0 Å². The zero-order valence-corrected chi connectivity index (χ0v) is 12.7. The number of hydrogen-bond donors (Lipinski definition) is 1. The van der Waals surface area contributed by atoms with E-state index in [0.717, 1.165) is 32.7 Å². The number of nitrogens with one attached hydrogen (secondary N) is 1. The van der Waals surface area contributed by atoms with Gasteiger partial charge in [-0.25, -0.2) is 0 Å². The second kappa shape index (κ2) is 7.60. The van der Waals surface area contributed by atoms with Crippen molar-refractivity contribution in [1.82, 2.24) is 14.8 Å². The van der Waals surface area contributed by atoms with Gasteiger partial charge in [0.25, 0.3) is 5.56 Å². The van der Waals surface area contributed by atoms with Crippen molar-refractivity contribution in [2.75, 3.05) is 26.2 Å². The Kier molecular flexibility index (Phi) is 5.80. The number of pyridine rings is 1. The maximum absolute atomic E-state index is 11.7. The Morgan fingerprint density at radius 1 is 1.45 bits per heavy atom. The van der Waals surface area contributed by atoms with Crippen LogP contribution >= 0.6 is 0 Å². The highest BCUT2D eigenvalue weighted by atomic mass is 16.1.